The monoisotopic (exact) mass is 148 g/mol. The predicted molar refractivity (Wildman–Crippen MR) is 39.8 cm³/mol. The Labute approximate surface area is 64.4 Å². The summed E-state index contributed by atoms with van der Waals surface area (Å²) in [5.41, 5.74) is 5.89. The Bertz CT molecular complexity index is 317. The topological polar surface area (TPSA) is 63.0 Å². The fourth-order valence-corrected chi connectivity index (χ4v) is 1.08. The first-order valence-corrected chi connectivity index (χ1v) is 3.60. The molecule has 0 saturated heterocycles. The molecule has 0 amide bonds. The summed E-state index contributed by atoms with van der Waals surface area (Å²) in [4.78, 5) is 0. The van der Waals surface area contributed by atoms with E-state index in [4.69, 9.17) is 15.4 Å². The van der Waals surface area contributed by atoms with E-state index in [0.717, 1.165) is 18.6 Å². The highest BCUT2D eigenvalue weighted by Gasteiger charge is 2.27. The smallest absolute Gasteiger partial charge is 0.208 e. The number of rotatable bonds is 1. The van der Waals surface area contributed by atoms with Gasteiger partial charge in [-0.2, -0.15) is 5.26 Å². The van der Waals surface area contributed by atoms with Crippen molar-refractivity contribution in [3.8, 4) is 6.07 Å². The van der Waals surface area contributed by atoms with Crippen molar-refractivity contribution < 1.29 is 4.42 Å². The second kappa shape index (κ2) is 2.03. The minimum absolute atomic E-state index is 0.259. The molecule has 3 nitrogen and oxygen atoms in total. The van der Waals surface area contributed by atoms with Gasteiger partial charge in [0, 0.05) is 12.0 Å². The van der Waals surface area contributed by atoms with Crippen molar-refractivity contribution in [1.29, 1.82) is 5.26 Å². The number of hydrogen-bond acceptors (Lipinski definition) is 3. The van der Waals surface area contributed by atoms with E-state index in [-0.39, 0.29) is 5.88 Å². The predicted octanol–water partition coefficient (Wildman–Crippen LogP) is 1.61. The van der Waals surface area contributed by atoms with Gasteiger partial charge >= 0.3 is 0 Å². The maximum atomic E-state index is 8.54. The van der Waals surface area contributed by atoms with Crippen molar-refractivity contribution >= 4 is 5.88 Å². The quantitative estimate of drug-likeness (QED) is 0.658. The van der Waals surface area contributed by atoms with Gasteiger partial charge in [-0.05, 0) is 12.8 Å². The van der Waals surface area contributed by atoms with E-state index in [2.05, 4.69) is 0 Å². The van der Waals surface area contributed by atoms with Gasteiger partial charge in [0.05, 0.1) is 0 Å². The Kier molecular flexibility index (Phi) is 1.16. The molecule has 0 radical (unpaired) electrons. The third kappa shape index (κ3) is 0.966. The number of hydrogen-bond donors (Lipinski definition) is 1. The van der Waals surface area contributed by atoms with Crippen molar-refractivity contribution in [2.45, 2.75) is 18.8 Å². The second-order valence-electron chi connectivity index (χ2n) is 2.81. The summed E-state index contributed by atoms with van der Waals surface area (Å²) in [6, 6.07) is 3.72. The molecular formula is C8H8N2O. The fourth-order valence-electron chi connectivity index (χ4n) is 1.08. The van der Waals surface area contributed by atoms with Gasteiger partial charge in [0.1, 0.15) is 17.4 Å². The Balaban J connectivity index is 2.38. The van der Waals surface area contributed by atoms with Crippen molar-refractivity contribution in [3.05, 3.63) is 17.4 Å². The largest absolute Gasteiger partial charge is 0.444 e. The average molecular weight is 148 g/mol. The maximum absolute atomic E-state index is 8.54. The lowest BCUT2D eigenvalue weighted by molar-refractivity contribution is 0.529. The van der Waals surface area contributed by atoms with Crippen LogP contribution in [-0.4, -0.2) is 0 Å². The lowest BCUT2D eigenvalue weighted by atomic mass is 10.2. The molecule has 56 valence electrons. The van der Waals surface area contributed by atoms with Crippen molar-refractivity contribution in [2.75, 3.05) is 5.73 Å². The molecule has 0 bridgehead atoms. The Hall–Kier alpha value is -1.43. The molecule has 1 saturated carbocycles. The molecule has 1 fully saturated rings. The number of nitrogens with zero attached hydrogens (tertiary/aromatic N) is 1. The summed E-state index contributed by atoms with van der Waals surface area (Å²) < 4.78 is 5.18. The van der Waals surface area contributed by atoms with E-state index in [1.54, 1.807) is 6.07 Å². The lowest BCUT2D eigenvalue weighted by Gasteiger charge is -1.85. The highest BCUT2D eigenvalue weighted by molar-refractivity contribution is 5.48. The second-order valence-corrected chi connectivity index (χ2v) is 2.81. The summed E-state index contributed by atoms with van der Waals surface area (Å²) in [5, 5.41) is 8.54. The number of nitrogens with two attached hydrogens (primary N) is 1. The van der Waals surface area contributed by atoms with Crippen LogP contribution in [0.2, 0.25) is 0 Å². The van der Waals surface area contributed by atoms with Gasteiger partial charge in [-0.25, -0.2) is 0 Å². The Morgan fingerprint density at radius 2 is 2.36 bits per heavy atom. The fraction of sp³-hybridized carbons (Fsp3) is 0.375. The van der Waals surface area contributed by atoms with Gasteiger partial charge in [0.25, 0.3) is 0 Å². The van der Waals surface area contributed by atoms with Crippen molar-refractivity contribution in [1.82, 2.24) is 0 Å². The van der Waals surface area contributed by atoms with E-state index in [1.165, 1.54) is 0 Å². The zero-order valence-corrected chi connectivity index (χ0v) is 6.00. The van der Waals surface area contributed by atoms with Gasteiger partial charge in [-0.15, -0.1) is 0 Å². The first kappa shape index (κ1) is 6.29. The molecule has 0 aliphatic heterocycles. The van der Waals surface area contributed by atoms with Crippen LogP contribution in [0.15, 0.2) is 10.5 Å². The van der Waals surface area contributed by atoms with Crippen molar-refractivity contribution in [2.24, 2.45) is 0 Å². The van der Waals surface area contributed by atoms with E-state index in [1.807, 2.05) is 6.07 Å². The molecule has 0 aromatic carbocycles. The van der Waals surface area contributed by atoms with Crippen LogP contribution in [-0.2, 0) is 0 Å². The maximum Gasteiger partial charge on any atom is 0.208 e. The SMILES string of the molecule is N#Cc1cc(C2CC2)oc1N. The minimum atomic E-state index is 0.259. The van der Waals surface area contributed by atoms with Gasteiger partial charge in [0.2, 0.25) is 5.88 Å². The Morgan fingerprint density at radius 1 is 1.64 bits per heavy atom. The Morgan fingerprint density at radius 3 is 2.82 bits per heavy atom. The van der Waals surface area contributed by atoms with Crippen LogP contribution >= 0.6 is 0 Å². The van der Waals surface area contributed by atoms with E-state index in [0.29, 0.717) is 11.5 Å². The molecule has 1 aliphatic rings. The first-order valence-electron chi connectivity index (χ1n) is 3.60. The highest BCUT2D eigenvalue weighted by Crippen LogP contribution is 2.41. The molecule has 11 heavy (non-hydrogen) atoms. The summed E-state index contributed by atoms with van der Waals surface area (Å²) in [7, 11) is 0. The summed E-state index contributed by atoms with van der Waals surface area (Å²) in [6.07, 6.45) is 2.33. The molecule has 1 aliphatic carbocycles. The summed E-state index contributed by atoms with van der Waals surface area (Å²) >= 11 is 0. The van der Waals surface area contributed by atoms with Gasteiger partial charge < -0.3 is 10.2 Å². The van der Waals surface area contributed by atoms with Gasteiger partial charge in [-0.1, -0.05) is 0 Å². The normalized spacial score (nSPS) is 16.3. The summed E-state index contributed by atoms with van der Waals surface area (Å²) in [5.74, 6) is 1.66. The highest BCUT2D eigenvalue weighted by atomic mass is 16.4. The van der Waals surface area contributed by atoms with Crippen LogP contribution in [0.25, 0.3) is 0 Å². The van der Waals surface area contributed by atoms with Gasteiger partial charge in [-0.3, -0.25) is 0 Å². The number of nitriles is 1. The third-order valence-corrected chi connectivity index (χ3v) is 1.88. The first-order chi connectivity index (χ1) is 5.31. The summed E-state index contributed by atoms with van der Waals surface area (Å²) in [6.45, 7) is 0. The van der Waals surface area contributed by atoms with E-state index >= 15 is 0 Å². The lowest BCUT2D eigenvalue weighted by Crippen LogP contribution is -1.82. The van der Waals surface area contributed by atoms with Crippen LogP contribution in [0.5, 0.6) is 0 Å². The molecule has 2 N–H and O–H groups in total. The number of nitrogen functional groups attached to an aromatic ring is 1. The van der Waals surface area contributed by atoms with Gasteiger partial charge in [0.15, 0.2) is 0 Å². The molecule has 1 heterocycles. The third-order valence-electron chi connectivity index (χ3n) is 1.88. The van der Waals surface area contributed by atoms with E-state index in [9.17, 15) is 0 Å². The molecule has 1 aromatic rings. The zero-order chi connectivity index (χ0) is 7.84. The number of furan rings is 1. The molecule has 2 rings (SSSR count). The van der Waals surface area contributed by atoms with E-state index < -0.39 is 0 Å². The zero-order valence-electron chi connectivity index (χ0n) is 6.00. The molecule has 1 aromatic heterocycles. The van der Waals surface area contributed by atoms with Crippen LogP contribution in [0.3, 0.4) is 0 Å². The molecule has 3 heteroatoms. The standard InChI is InChI=1S/C8H8N2O/c9-4-6-3-7(5-1-2-5)11-8(6)10/h3,5H,1-2,10H2. The van der Waals surface area contributed by atoms with Crippen LogP contribution in [0.1, 0.15) is 30.1 Å². The minimum Gasteiger partial charge on any atom is -0.444 e. The number of anilines is 1. The van der Waals surface area contributed by atoms with Crippen LogP contribution < -0.4 is 5.73 Å². The van der Waals surface area contributed by atoms with Crippen molar-refractivity contribution in [3.63, 3.8) is 0 Å². The van der Waals surface area contributed by atoms with Crippen LogP contribution in [0.4, 0.5) is 5.88 Å². The van der Waals surface area contributed by atoms with Crippen LogP contribution in [0, 0.1) is 11.3 Å². The average Bonchev–Trinajstić information content (AvgIpc) is 2.76. The molecule has 0 spiro atoms. The molecular weight excluding hydrogens is 140 g/mol. The molecule has 0 unspecified atom stereocenters. The molecule has 0 atom stereocenters.